The molecule has 1 saturated carbocycles. The maximum Gasteiger partial charge on any atom is 0.272 e. The summed E-state index contributed by atoms with van der Waals surface area (Å²) in [6.07, 6.45) is 4.28. The number of rotatable bonds is 5. The number of hydrogen-bond acceptors (Lipinski definition) is 3. The summed E-state index contributed by atoms with van der Waals surface area (Å²) in [5.74, 6) is -0.0174. The Balaban J connectivity index is 2.01. The minimum Gasteiger partial charge on any atom is -0.393 e. The molecule has 1 aliphatic carbocycles. The average Bonchev–Trinajstić information content (AvgIpc) is 2.93. The van der Waals surface area contributed by atoms with Crippen LogP contribution in [0.2, 0.25) is 0 Å². The van der Waals surface area contributed by atoms with Gasteiger partial charge in [0.05, 0.1) is 4.99 Å². The van der Waals surface area contributed by atoms with Gasteiger partial charge in [0.2, 0.25) is 0 Å². The van der Waals surface area contributed by atoms with Gasteiger partial charge in [-0.3, -0.25) is 9.89 Å². The lowest BCUT2D eigenvalue weighted by molar-refractivity contribution is 0.0742. The lowest BCUT2D eigenvalue weighted by atomic mass is 10.3. The predicted molar refractivity (Wildman–Crippen MR) is 64.0 cm³/mol. The molecule has 0 atom stereocenters. The first-order valence-electron chi connectivity index (χ1n) is 5.27. The van der Waals surface area contributed by atoms with Gasteiger partial charge in [0.25, 0.3) is 5.91 Å². The number of aromatic amines is 1. The molecule has 1 aromatic heterocycles. The molecular weight excluding hydrogens is 224 g/mol. The van der Waals surface area contributed by atoms with Crippen molar-refractivity contribution in [3.05, 3.63) is 18.0 Å². The Morgan fingerprint density at radius 1 is 1.69 bits per heavy atom. The quantitative estimate of drug-likeness (QED) is 0.740. The van der Waals surface area contributed by atoms with Gasteiger partial charge in [-0.1, -0.05) is 12.2 Å². The van der Waals surface area contributed by atoms with Crippen LogP contribution in [0.3, 0.4) is 0 Å². The number of thiocarbonyl (C=S) groups is 1. The van der Waals surface area contributed by atoms with Crippen LogP contribution in [0.5, 0.6) is 0 Å². The van der Waals surface area contributed by atoms with Gasteiger partial charge in [-0.2, -0.15) is 5.10 Å². The summed E-state index contributed by atoms with van der Waals surface area (Å²) in [4.78, 5) is 14.3. The fourth-order valence-electron chi connectivity index (χ4n) is 1.60. The molecule has 0 aliphatic heterocycles. The standard InChI is InChI=1S/C10H14N4OS/c11-9(16)4-6-14(7-1-2-7)10(15)8-3-5-12-13-8/h3,5,7H,1-2,4,6H2,(H2,11,16)(H,12,13). The third kappa shape index (κ3) is 2.57. The highest BCUT2D eigenvalue weighted by atomic mass is 32.1. The highest BCUT2D eigenvalue weighted by molar-refractivity contribution is 7.80. The van der Waals surface area contributed by atoms with Crippen molar-refractivity contribution in [2.24, 2.45) is 5.73 Å². The van der Waals surface area contributed by atoms with E-state index in [0.717, 1.165) is 12.8 Å². The zero-order valence-corrected chi connectivity index (χ0v) is 9.67. The molecule has 2 rings (SSSR count). The van der Waals surface area contributed by atoms with E-state index >= 15 is 0 Å². The highest BCUT2D eigenvalue weighted by Crippen LogP contribution is 2.28. The molecule has 0 saturated heterocycles. The van der Waals surface area contributed by atoms with E-state index in [1.807, 2.05) is 4.90 Å². The molecule has 6 heteroatoms. The van der Waals surface area contributed by atoms with Crippen molar-refractivity contribution in [1.29, 1.82) is 0 Å². The Morgan fingerprint density at radius 2 is 2.44 bits per heavy atom. The minimum absolute atomic E-state index is 0.0174. The van der Waals surface area contributed by atoms with Gasteiger partial charge in [-0.25, -0.2) is 0 Å². The molecule has 0 aromatic carbocycles. The molecular formula is C10H14N4OS. The summed E-state index contributed by atoms with van der Waals surface area (Å²) < 4.78 is 0. The second-order valence-corrected chi connectivity index (χ2v) is 4.44. The molecule has 1 fully saturated rings. The molecule has 86 valence electrons. The smallest absolute Gasteiger partial charge is 0.272 e. The SMILES string of the molecule is NC(=S)CCN(C(=O)c1ccn[nH]1)C1CC1. The molecule has 1 heterocycles. The van der Waals surface area contributed by atoms with E-state index in [9.17, 15) is 4.79 Å². The third-order valence-corrected chi connectivity index (χ3v) is 2.78. The molecule has 5 nitrogen and oxygen atoms in total. The first-order valence-corrected chi connectivity index (χ1v) is 5.68. The second kappa shape index (κ2) is 4.61. The van der Waals surface area contributed by atoms with E-state index in [1.54, 1.807) is 12.3 Å². The van der Waals surface area contributed by atoms with Crippen molar-refractivity contribution in [3.63, 3.8) is 0 Å². The number of hydrogen-bond donors (Lipinski definition) is 2. The normalized spacial score (nSPS) is 14.8. The van der Waals surface area contributed by atoms with Crippen LogP contribution < -0.4 is 5.73 Å². The molecule has 0 spiro atoms. The van der Waals surface area contributed by atoms with Gasteiger partial charge >= 0.3 is 0 Å². The van der Waals surface area contributed by atoms with Crippen LogP contribution in [0.1, 0.15) is 29.8 Å². The van der Waals surface area contributed by atoms with E-state index in [0.29, 0.717) is 29.7 Å². The molecule has 16 heavy (non-hydrogen) atoms. The summed E-state index contributed by atoms with van der Waals surface area (Å²) in [5, 5.41) is 6.46. The van der Waals surface area contributed by atoms with Crippen LogP contribution in [0, 0.1) is 0 Å². The van der Waals surface area contributed by atoms with E-state index in [-0.39, 0.29) is 5.91 Å². The molecule has 0 unspecified atom stereocenters. The van der Waals surface area contributed by atoms with Gasteiger partial charge in [-0.05, 0) is 18.9 Å². The topological polar surface area (TPSA) is 75.0 Å². The average molecular weight is 238 g/mol. The highest BCUT2D eigenvalue weighted by Gasteiger charge is 2.33. The van der Waals surface area contributed by atoms with Crippen molar-refractivity contribution in [3.8, 4) is 0 Å². The molecule has 1 aliphatic rings. The Kier molecular flexibility index (Phi) is 3.19. The summed E-state index contributed by atoms with van der Waals surface area (Å²) >= 11 is 4.83. The van der Waals surface area contributed by atoms with E-state index in [1.165, 1.54) is 0 Å². The fourth-order valence-corrected chi connectivity index (χ4v) is 1.69. The van der Waals surface area contributed by atoms with Gasteiger partial charge < -0.3 is 10.6 Å². The van der Waals surface area contributed by atoms with Crippen molar-refractivity contribution >= 4 is 23.1 Å². The minimum atomic E-state index is -0.0174. The number of carbonyl (C=O) groups is 1. The monoisotopic (exact) mass is 238 g/mol. The summed E-state index contributed by atoms with van der Waals surface area (Å²) in [5.41, 5.74) is 5.98. The number of nitrogens with one attached hydrogen (secondary N) is 1. The Labute approximate surface area is 99.0 Å². The molecule has 0 radical (unpaired) electrons. The summed E-state index contributed by atoms with van der Waals surface area (Å²) in [6.45, 7) is 0.595. The van der Waals surface area contributed by atoms with Crippen LogP contribution >= 0.6 is 12.2 Å². The summed E-state index contributed by atoms with van der Waals surface area (Å²) in [6, 6.07) is 2.03. The predicted octanol–water partition coefficient (Wildman–Crippen LogP) is 0.690. The zero-order chi connectivity index (χ0) is 11.5. The fraction of sp³-hybridized carbons (Fsp3) is 0.500. The van der Waals surface area contributed by atoms with Crippen LogP contribution in [0.25, 0.3) is 0 Å². The first-order chi connectivity index (χ1) is 7.68. The van der Waals surface area contributed by atoms with Crippen molar-refractivity contribution in [2.45, 2.75) is 25.3 Å². The summed E-state index contributed by atoms with van der Waals surface area (Å²) in [7, 11) is 0. The van der Waals surface area contributed by atoms with E-state index in [2.05, 4.69) is 10.2 Å². The third-order valence-electron chi connectivity index (χ3n) is 2.58. The molecule has 0 bridgehead atoms. The number of nitrogens with two attached hydrogens (primary N) is 1. The van der Waals surface area contributed by atoms with Crippen LogP contribution in [-0.2, 0) is 0 Å². The zero-order valence-electron chi connectivity index (χ0n) is 8.85. The number of H-pyrrole nitrogens is 1. The maximum atomic E-state index is 12.1. The van der Waals surface area contributed by atoms with Gasteiger partial charge in [-0.15, -0.1) is 0 Å². The molecule has 1 aromatic rings. The van der Waals surface area contributed by atoms with Crippen LogP contribution in [0.4, 0.5) is 0 Å². The van der Waals surface area contributed by atoms with Gasteiger partial charge in [0.15, 0.2) is 0 Å². The Bertz CT molecular complexity index is 386. The Hall–Kier alpha value is -1.43. The van der Waals surface area contributed by atoms with E-state index < -0.39 is 0 Å². The van der Waals surface area contributed by atoms with Crippen molar-refractivity contribution in [1.82, 2.24) is 15.1 Å². The largest absolute Gasteiger partial charge is 0.393 e. The Morgan fingerprint density at radius 3 is 2.94 bits per heavy atom. The maximum absolute atomic E-state index is 12.1. The van der Waals surface area contributed by atoms with Gasteiger partial charge in [0.1, 0.15) is 5.69 Å². The number of carbonyl (C=O) groups excluding carboxylic acids is 1. The second-order valence-electron chi connectivity index (χ2n) is 3.92. The van der Waals surface area contributed by atoms with Crippen LogP contribution in [0.15, 0.2) is 12.3 Å². The first kappa shape index (κ1) is 11.1. The van der Waals surface area contributed by atoms with Crippen molar-refractivity contribution in [2.75, 3.05) is 6.54 Å². The number of amides is 1. The molecule has 1 amide bonds. The van der Waals surface area contributed by atoms with Gasteiger partial charge in [0, 0.05) is 25.2 Å². The van der Waals surface area contributed by atoms with E-state index in [4.69, 9.17) is 18.0 Å². The number of nitrogens with zero attached hydrogens (tertiary/aromatic N) is 2. The lowest BCUT2D eigenvalue weighted by Gasteiger charge is -2.21. The van der Waals surface area contributed by atoms with Crippen molar-refractivity contribution < 1.29 is 4.79 Å². The lowest BCUT2D eigenvalue weighted by Crippen LogP contribution is -2.35. The van der Waals surface area contributed by atoms with Crippen LogP contribution in [-0.4, -0.2) is 38.6 Å². The molecule has 3 N–H and O–H groups in total. The number of aromatic nitrogens is 2.